The van der Waals surface area contributed by atoms with Crippen molar-refractivity contribution >= 4 is 17.7 Å². The number of methoxy groups -OCH3 is 1. The molecule has 0 spiro atoms. The second-order valence-electron chi connectivity index (χ2n) is 4.24. The van der Waals surface area contributed by atoms with Gasteiger partial charge in [0.05, 0.1) is 19.3 Å². The lowest BCUT2D eigenvalue weighted by Crippen LogP contribution is -2.23. The molecular formula is C14H14O5. The fourth-order valence-electron chi connectivity index (χ4n) is 2.16. The maximum absolute atomic E-state index is 12.1. The average Bonchev–Trinajstić information content (AvgIpc) is 2.75. The fourth-order valence-corrected chi connectivity index (χ4v) is 2.16. The van der Waals surface area contributed by atoms with Gasteiger partial charge in [-0.2, -0.15) is 0 Å². The van der Waals surface area contributed by atoms with E-state index in [1.54, 1.807) is 19.1 Å². The zero-order valence-electron chi connectivity index (χ0n) is 10.8. The van der Waals surface area contributed by atoms with Crippen molar-refractivity contribution in [3.05, 3.63) is 34.9 Å². The van der Waals surface area contributed by atoms with Gasteiger partial charge in [-0.1, -0.05) is 6.07 Å². The summed E-state index contributed by atoms with van der Waals surface area (Å²) in [5.74, 6) is -2.10. The summed E-state index contributed by atoms with van der Waals surface area (Å²) in [5.41, 5.74) is 1.47. The summed E-state index contributed by atoms with van der Waals surface area (Å²) in [6, 6.07) is 4.74. The van der Waals surface area contributed by atoms with Gasteiger partial charge in [0.25, 0.3) is 0 Å². The smallest absolute Gasteiger partial charge is 0.337 e. The number of hydrogen-bond acceptors (Lipinski definition) is 5. The highest BCUT2D eigenvalue weighted by Gasteiger charge is 2.37. The second-order valence-corrected chi connectivity index (χ2v) is 4.24. The summed E-state index contributed by atoms with van der Waals surface area (Å²) >= 11 is 0. The Hall–Kier alpha value is -2.17. The van der Waals surface area contributed by atoms with Crippen LogP contribution >= 0.6 is 0 Å². The summed E-state index contributed by atoms with van der Waals surface area (Å²) < 4.78 is 9.48. The third kappa shape index (κ3) is 2.36. The molecule has 0 amide bonds. The third-order valence-electron chi connectivity index (χ3n) is 3.11. The van der Waals surface area contributed by atoms with Crippen LogP contribution in [0.3, 0.4) is 0 Å². The van der Waals surface area contributed by atoms with Gasteiger partial charge in [-0.15, -0.1) is 0 Å². The molecule has 100 valence electrons. The molecule has 1 aliphatic carbocycles. The van der Waals surface area contributed by atoms with E-state index in [0.29, 0.717) is 17.5 Å². The predicted octanol–water partition coefficient (Wildman–Crippen LogP) is 1.39. The number of esters is 2. The van der Waals surface area contributed by atoms with E-state index in [-0.39, 0.29) is 12.4 Å². The number of carbonyl (C=O) groups excluding carboxylic acids is 3. The largest absolute Gasteiger partial charge is 0.465 e. The minimum atomic E-state index is -0.789. The Labute approximate surface area is 110 Å². The molecule has 1 aromatic carbocycles. The van der Waals surface area contributed by atoms with Crippen LogP contribution in [0.1, 0.15) is 33.2 Å². The van der Waals surface area contributed by atoms with E-state index in [1.165, 1.54) is 13.2 Å². The van der Waals surface area contributed by atoms with Gasteiger partial charge in [-0.3, -0.25) is 9.59 Å². The Morgan fingerprint density at radius 2 is 2.11 bits per heavy atom. The maximum atomic E-state index is 12.1. The van der Waals surface area contributed by atoms with Gasteiger partial charge in [-0.05, 0) is 31.0 Å². The standard InChI is InChI=1S/C14H14O5/c1-3-19-14(17)11-6-8-4-5-9(13(16)18-2)7-10(8)12(11)15/h4-5,7,11H,3,6H2,1-2H3. The molecule has 0 bridgehead atoms. The van der Waals surface area contributed by atoms with Crippen LogP contribution in [-0.4, -0.2) is 31.4 Å². The van der Waals surface area contributed by atoms with Crippen molar-refractivity contribution in [3.63, 3.8) is 0 Å². The van der Waals surface area contributed by atoms with Crippen LogP contribution in [0.4, 0.5) is 0 Å². The predicted molar refractivity (Wildman–Crippen MR) is 65.9 cm³/mol. The van der Waals surface area contributed by atoms with Crippen LogP contribution in [0, 0.1) is 5.92 Å². The van der Waals surface area contributed by atoms with E-state index in [9.17, 15) is 14.4 Å². The molecule has 1 unspecified atom stereocenters. The Kier molecular flexibility index (Phi) is 3.64. The molecule has 5 nitrogen and oxygen atoms in total. The van der Waals surface area contributed by atoms with E-state index in [2.05, 4.69) is 4.74 Å². The van der Waals surface area contributed by atoms with Crippen LogP contribution in [0.25, 0.3) is 0 Å². The van der Waals surface area contributed by atoms with Gasteiger partial charge in [-0.25, -0.2) is 4.79 Å². The summed E-state index contributed by atoms with van der Waals surface area (Å²) in [5, 5.41) is 0. The molecule has 0 saturated carbocycles. The molecule has 5 heteroatoms. The second kappa shape index (κ2) is 5.22. The van der Waals surface area contributed by atoms with Gasteiger partial charge < -0.3 is 9.47 Å². The van der Waals surface area contributed by atoms with Crippen LogP contribution in [-0.2, 0) is 20.7 Å². The Balaban J connectivity index is 2.29. The summed E-state index contributed by atoms with van der Waals surface area (Å²) in [7, 11) is 1.28. The molecule has 0 aromatic heterocycles. The van der Waals surface area contributed by atoms with E-state index in [0.717, 1.165) is 5.56 Å². The van der Waals surface area contributed by atoms with E-state index < -0.39 is 17.9 Å². The number of rotatable bonds is 3. The summed E-state index contributed by atoms with van der Waals surface area (Å²) in [6.45, 7) is 1.94. The highest BCUT2D eigenvalue weighted by atomic mass is 16.5. The molecule has 2 rings (SSSR count). The maximum Gasteiger partial charge on any atom is 0.337 e. The highest BCUT2D eigenvalue weighted by Crippen LogP contribution is 2.28. The highest BCUT2D eigenvalue weighted by molar-refractivity contribution is 6.13. The van der Waals surface area contributed by atoms with Crippen LogP contribution in [0.2, 0.25) is 0 Å². The monoisotopic (exact) mass is 262 g/mol. The van der Waals surface area contributed by atoms with Crippen molar-refractivity contribution < 1.29 is 23.9 Å². The average molecular weight is 262 g/mol. The third-order valence-corrected chi connectivity index (χ3v) is 3.11. The van der Waals surface area contributed by atoms with Crippen molar-refractivity contribution in [2.75, 3.05) is 13.7 Å². The molecular weight excluding hydrogens is 248 g/mol. The van der Waals surface area contributed by atoms with Crippen molar-refractivity contribution in [2.24, 2.45) is 5.92 Å². The number of carbonyl (C=O) groups is 3. The topological polar surface area (TPSA) is 69.7 Å². The number of benzene rings is 1. The zero-order valence-corrected chi connectivity index (χ0v) is 10.8. The molecule has 19 heavy (non-hydrogen) atoms. The molecule has 1 aliphatic rings. The number of fused-ring (bicyclic) bond motifs is 1. The lowest BCUT2D eigenvalue weighted by molar-refractivity contribution is -0.145. The first kappa shape index (κ1) is 13.3. The van der Waals surface area contributed by atoms with Crippen molar-refractivity contribution in [3.8, 4) is 0 Å². The number of ketones is 1. The van der Waals surface area contributed by atoms with Crippen LogP contribution in [0.5, 0.6) is 0 Å². The summed E-state index contributed by atoms with van der Waals surface area (Å²) in [6.07, 6.45) is 0.328. The first-order valence-electron chi connectivity index (χ1n) is 6.00. The Morgan fingerprint density at radius 1 is 1.37 bits per heavy atom. The Morgan fingerprint density at radius 3 is 2.74 bits per heavy atom. The quantitative estimate of drug-likeness (QED) is 0.608. The molecule has 0 heterocycles. The minimum Gasteiger partial charge on any atom is -0.465 e. The van der Waals surface area contributed by atoms with Crippen molar-refractivity contribution in [2.45, 2.75) is 13.3 Å². The molecule has 0 saturated heterocycles. The van der Waals surface area contributed by atoms with E-state index in [4.69, 9.17) is 4.74 Å². The first-order valence-corrected chi connectivity index (χ1v) is 6.00. The fraction of sp³-hybridized carbons (Fsp3) is 0.357. The van der Waals surface area contributed by atoms with E-state index >= 15 is 0 Å². The lowest BCUT2D eigenvalue weighted by atomic mass is 10.1. The minimum absolute atomic E-state index is 0.242. The normalized spacial score (nSPS) is 16.9. The zero-order chi connectivity index (χ0) is 14.0. The van der Waals surface area contributed by atoms with Gasteiger partial charge in [0.1, 0.15) is 5.92 Å². The molecule has 0 N–H and O–H groups in total. The van der Waals surface area contributed by atoms with Gasteiger partial charge in [0, 0.05) is 5.56 Å². The van der Waals surface area contributed by atoms with Crippen LogP contribution < -0.4 is 0 Å². The van der Waals surface area contributed by atoms with Gasteiger partial charge in [0.15, 0.2) is 5.78 Å². The first-order chi connectivity index (χ1) is 9.08. The van der Waals surface area contributed by atoms with Gasteiger partial charge >= 0.3 is 11.9 Å². The van der Waals surface area contributed by atoms with E-state index in [1.807, 2.05) is 0 Å². The Bertz CT molecular complexity index is 547. The van der Waals surface area contributed by atoms with Crippen molar-refractivity contribution in [1.29, 1.82) is 0 Å². The summed E-state index contributed by atoms with van der Waals surface area (Å²) in [4.78, 5) is 35.2. The molecule has 0 radical (unpaired) electrons. The lowest BCUT2D eigenvalue weighted by Gasteiger charge is -2.06. The SMILES string of the molecule is CCOC(=O)C1Cc2ccc(C(=O)OC)cc2C1=O. The number of hydrogen-bond donors (Lipinski definition) is 0. The van der Waals surface area contributed by atoms with Gasteiger partial charge in [0.2, 0.25) is 0 Å². The molecule has 0 aliphatic heterocycles. The van der Waals surface area contributed by atoms with Crippen LogP contribution in [0.15, 0.2) is 18.2 Å². The van der Waals surface area contributed by atoms with Crippen molar-refractivity contribution in [1.82, 2.24) is 0 Å². The molecule has 0 fully saturated rings. The number of ether oxygens (including phenoxy) is 2. The number of Topliss-reactive ketones (excluding diaryl/α,β-unsaturated/α-hetero) is 1. The molecule has 1 aromatic rings. The molecule has 1 atom stereocenters.